The van der Waals surface area contributed by atoms with Gasteiger partial charge in [0, 0.05) is 6.04 Å². The van der Waals surface area contributed by atoms with E-state index < -0.39 is 0 Å². The zero-order valence-corrected chi connectivity index (χ0v) is 6.12. The molecule has 4 nitrogen and oxygen atoms in total. The van der Waals surface area contributed by atoms with Gasteiger partial charge in [0.1, 0.15) is 0 Å². The van der Waals surface area contributed by atoms with Crippen LogP contribution in [-0.4, -0.2) is 24.5 Å². The Morgan fingerprint density at radius 3 is 2.60 bits per heavy atom. The highest BCUT2D eigenvalue weighted by Gasteiger charge is 2.00. The van der Waals surface area contributed by atoms with Gasteiger partial charge in [0.25, 0.3) is 0 Å². The molecular weight excluding hydrogens is 132 g/mol. The molecule has 1 atom stereocenters. The van der Waals surface area contributed by atoms with Gasteiger partial charge in [0.05, 0.1) is 6.61 Å². The van der Waals surface area contributed by atoms with E-state index in [1.165, 1.54) is 0 Å². The van der Waals surface area contributed by atoms with Gasteiger partial charge >= 0.3 is 0 Å². The Kier molecular flexibility index (Phi) is 6.84. The summed E-state index contributed by atoms with van der Waals surface area (Å²) in [6.45, 7) is 0.914. The quantitative estimate of drug-likeness (QED) is 0.280. The van der Waals surface area contributed by atoms with Crippen molar-refractivity contribution < 1.29 is 10.1 Å². The maximum Gasteiger partial charge on any atom is 0.0970 e. The summed E-state index contributed by atoms with van der Waals surface area (Å²) in [4.78, 5) is 3.88. The van der Waals surface area contributed by atoms with E-state index in [-0.39, 0.29) is 12.6 Å². The fraction of sp³-hybridized carbons (Fsp3) is 1.00. The molecule has 62 valence electrons. The van der Waals surface area contributed by atoms with Crippen LogP contribution in [0.4, 0.5) is 0 Å². The van der Waals surface area contributed by atoms with E-state index in [1.54, 1.807) is 0 Å². The highest BCUT2D eigenvalue weighted by Crippen LogP contribution is 1.97. The molecule has 0 saturated carbocycles. The van der Waals surface area contributed by atoms with Gasteiger partial charge in [0.15, 0.2) is 0 Å². The summed E-state index contributed by atoms with van der Waals surface area (Å²) in [7, 11) is 0. The lowest BCUT2D eigenvalue weighted by atomic mass is 10.1. The van der Waals surface area contributed by atoms with Crippen LogP contribution in [-0.2, 0) is 4.89 Å². The van der Waals surface area contributed by atoms with Crippen molar-refractivity contribution in [1.29, 1.82) is 0 Å². The topological polar surface area (TPSA) is 81.5 Å². The van der Waals surface area contributed by atoms with E-state index in [0.29, 0.717) is 6.54 Å². The summed E-state index contributed by atoms with van der Waals surface area (Å²) in [5.74, 6) is 0. The number of hydrogen-bond acceptors (Lipinski definition) is 4. The van der Waals surface area contributed by atoms with E-state index in [1.807, 2.05) is 0 Å². The molecule has 10 heavy (non-hydrogen) atoms. The molecule has 0 bridgehead atoms. The summed E-state index contributed by atoms with van der Waals surface area (Å²) in [6.07, 6.45) is 2.85. The molecule has 5 N–H and O–H groups in total. The van der Waals surface area contributed by atoms with Crippen LogP contribution >= 0.6 is 0 Å². The zero-order chi connectivity index (χ0) is 7.82. The molecule has 4 heteroatoms. The Bertz CT molecular complexity index is 70.8. The normalized spacial score (nSPS) is 13.5. The zero-order valence-electron chi connectivity index (χ0n) is 6.12. The lowest BCUT2D eigenvalue weighted by Crippen LogP contribution is -2.25. The van der Waals surface area contributed by atoms with Crippen LogP contribution in [0.15, 0.2) is 0 Å². The summed E-state index contributed by atoms with van der Waals surface area (Å²) in [5, 5.41) is 7.99. The smallest absolute Gasteiger partial charge is 0.0970 e. The van der Waals surface area contributed by atoms with Gasteiger partial charge in [0.2, 0.25) is 0 Å². The van der Waals surface area contributed by atoms with Gasteiger partial charge in [-0.2, -0.15) is 0 Å². The maximum absolute atomic E-state index is 7.99. The molecule has 0 amide bonds. The summed E-state index contributed by atoms with van der Waals surface area (Å²) < 4.78 is 0. The molecule has 0 aromatic carbocycles. The van der Waals surface area contributed by atoms with Crippen molar-refractivity contribution in [2.75, 3.05) is 13.2 Å². The molecule has 0 aliphatic rings. The first-order valence-corrected chi connectivity index (χ1v) is 3.53. The minimum absolute atomic E-state index is 0.0588. The molecule has 0 fully saturated rings. The summed E-state index contributed by atoms with van der Waals surface area (Å²) >= 11 is 0. The van der Waals surface area contributed by atoms with Crippen molar-refractivity contribution in [3.05, 3.63) is 0 Å². The van der Waals surface area contributed by atoms with Crippen LogP contribution in [0.25, 0.3) is 0 Å². The molecule has 0 aromatic heterocycles. The minimum Gasteiger partial charge on any atom is -0.330 e. The molecule has 0 aromatic rings. The fourth-order valence-electron chi connectivity index (χ4n) is 0.730. The van der Waals surface area contributed by atoms with E-state index in [0.717, 1.165) is 19.3 Å². The van der Waals surface area contributed by atoms with Gasteiger partial charge in [-0.25, -0.2) is 4.89 Å². The summed E-state index contributed by atoms with van der Waals surface area (Å²) in [6, 6.07) is -0.0588. The average Bonchev–Trinajstić information content (AvgIpc) is 1.89. The second-order valence-electron chi connectivity index (χ2n) is 2.34. The van der Waals surface area contributed by atoms with E-state index in [9.17, 15) is 0 Å². The van der Waals surface area contributed by atoms with E-state index in [4.69, 9.17) is 16.7 Å². The monoisotopic (exact) mass is 148 g/mol. The average molecular weight is 148 g/mol. The largest absolute Gasteiger partial charge is 0.330 e. The molecule has 0 rings (SSSR count). The van der Waals surface area contributed by atoms with Crippen molar-refractivity contribution in [1.82, 2.24) is 0 Å². The number of hydrogen-bond donors (Lipinski definition) is 3. The maximum atomic E-state index is 7.99. The standard InChI is InChI=1S/C6H16N2O2/c7-4-2-1-3-6(8)5-10-9/h6,9H,1-5,7-8H2. The third-order valence-electron chi connectivity index (χ3n) is 1.32. The molecule has 0 spiro atoms. The molecular formula is C6H16N2O2. The fourth-order valence-corrected chi connectivity index (χ4v) is 0.730. The predicted octanol–water partition coefficient (Wildman–Crippen LogP) is -0.0677. The van der Waals surface area contributed by atoms with Crippen molar-refractivity contribution in [2.24, 2.45) is 11.5 Å². The van der Waals surface area contributed by atoms with Crippen LogP contribution in [0.1, 0.15) is 19.3 Å². The Labute approximate surface area is 61.1 Å². The van der Waals surface area contributed by atoms with Crippen molar-refractivity contribution in [3.63, 3.8) is 0 Å². The lowest BCUT2D eigenvalue weighted by molar-refractivity contribution is -0.245. The van der Waals surface area contributed by atoms with Crippen LogP contribution in [0.5, 0.6) is 0 Å². The van der Waals surface area contributed by atoms with Crippen LogP contribution in [0.3, 0.4) is 0 Å². The molecule has 0 aliphatic carbocycles. The van der Waals surface area contributed by atoms with Gasteiger partial charge in [-0.05, 0) is 19.4 Å². The highest BCUT2D eigenvalue weighted by atomic mass is 17.1. The molecule has 1 unspecified atom stereocenters. The van der Waals surface area contributed by atoms with E-state index in [2.05, 4.69) is 4.89 Å². The molecule has 0 heterocycles. The molecule has 0 radical (unpaired) electrons. The van der Waals surface area contributed by atoms with Crippen LogP contribution in [0.2, 0.25) is 0 Å². The minimum atomic E-state index is -0.0588. The van der Waals surface area contributed by atoms with Gasteiger partial charge in [-0.3, -0.25) is 5.26 Å². The van der Waals surface area contributed by atoms with Gasteiger partial charge in [-0.15, -0.1) is 0 Å². The van der Waals surface area contributed by atoms with Crippen molar-refractivity contribution >= 4 is 0 Å². The number of unbranched alkanes of at least 4 members (excludes halogenated alkanes) is 1. The Balaban J connectivity index is 2.97. The molecule has 0 aliphatic heterocycles. The van der Waals surface area contributed by atoms with Gasteiger partial charge < -0.3 is 11.5 Å². The Morgan fingerprint density at radius 2 is 2.10 bits per heavy atom. The third-order valence-corrected chi connectivity index (χ3v) is 1.32. The second-order valence-corrected chi connectivity index (χ2v) is 2.34. The van der Waals surface area contributed by atoms with Gasteiger partial charge in [-0.1, -0.05) is 6.42 Å². The lowest BCUT2D eigenvalue weighted by Gasteiger charge is -2.07. The predicted molar refractivity (Wildman–Crippen MR) is 39.5 cm³/mol. The Hall–Kier alpha value is -0.160. The summed E-state index contributed by atoms with van der Waals surface area (Å²) in [5.41, 5.74) is 10.8. The second kappa shape index (κ2) is 6.95. The first-order valence-electron chi connectivity index (χ1n) is 3.53. The van der Waals surface area contributed by atoms with Crippen LogP contribution < -0.4 is 11.5 Å². The SMILES string of the molecule is NCCCCC(N)COO. The van der Waals surface area contributed by atoms with Crippen molar-refractivity contribution in [3.8, 4) is 0 Å². The first kappa shape index (κ1) is 9.84. The Morgan fingerprint density at radius 1 is 1.40 bits per heavy atom. The molecule has 0 saturated heterocycles. The highest BCUT2D eigenvalue weighted by molar-refractivity contribution is 4.58. The number of rotatable bonds is 6. The van der Waals surface area contributed by atoms with Crippen molar-refractivity contribution in [2.45, 2.75) is 25.3 Å². The first-order chi connectivity index (χ1) is 4.81. The van der Waals surface area contributed by atoms with E-state index >= 15 is 0 Å². The third kappa shape index (κ3) is 5.97. The number of nitrogens with two attached hydrogens (primary N) is 2. The van der Waals surface area contributed by atoms with Crippen LogP contribution in [0, 0.1) is 0 Å².